The molecule has 3 rings (SSSR count). The number of hydrogen-bond acceptors (Lipinski definition) is 4. The van der Waals surface area contributed by atoms with Crippen LogP contribution in [-0.2, 0) is 4.74 Å². The number of morpholine rings is 1. The smallest absolute Gasteiger partial charge is 0.0695 e. The Morgan fingerprint density at radius 3 is 2.47 bits per heavy atom. The van der Waals surface area contributed by atoms with E-state index in [1.54, 1.807) is 0 Å². The molecule has 2 heterocycles. The van der Waals surface area contributed by atoms with Gasteiger partial charge in [-0.05, 0) is 25.7 Å². The van der Waals surface area contributed by atoms with Crippen LogP contribution in [0.15, 0.2) is 0 Å². The highest BCUT2D eigenvalue weighted by molar-refractivity contribution is 4.92. The maximum Gasteiger partial charge on any atom is 0.0695 e. The summed E-state index contributed by atoms with van der Waals surface area (Å²) in [5.41, 5.74) is 0. The van der Waals surface area contributed by atoms with Gasteiger partial charge in [-0.3, -0.25) is 9.80 Å². The number of aliphatic hydroxyl groups is 1. The maximum atomic E-state index is 9.97. The van der Waals surface area contributed by atoms with Crippen LogP contribution in [0.25, 0.3) is 0 Å². The average molecular weight is 240 g/mol. The molecule has 0 spiro atoms. The van der Waals surface area contributed by atoms with E-state index in [2.05, 4.69) is 9.80 Å². The van der Waals surface area contributed by atoms with Crippen molar-refractivity contribution in [3.63, 3.8) is 0 Å². The Kier molecular flexibility index (Phi) is 3.66. The van der Waals surface area contributed by atoms with Crippen molar-refractivity contribution in [2.45, 2.75) is 43.9 Å². The summed E-state index contributed by atoms with van der Waals surface area (Å²) < 4.78 is 5.41. The van der Waals surface area contributed by atoms with Gasteiger partial charge in [0.05, 0.1) is 19.3 Å². The van der Waals surface area contributed by atoms with Crippen LogP contribution in [0.2, 0.25) is 0 Å². The lowest BCUT2D eigenvalue weighted by atomic mass is 10.2. The van der Waals surface area contributed by atoms with E-state index in [4.69, 9.17) is 4.74 Å². The lowest BCUT2D eigenvalue weighted by molar-refractivity contribution is 0.0151. The van der Waals surface area contributed by atoms with Crippen LogP contribution in [0, 0.1) is 0 Å². The molecular formula is C13H24N2O2. The largest absolute Gasteiger partial charge is 0.391 e. The van der Waals surface area contributed by atoms with E-state index in [1.807, 2.05) is 0 Å². The molecule has 0 aromatic carbocycles. The van der Waals surface area contributed by atoms with Gasteiger partial charge < -0.3 is 9.84 Å². The minimum Gasteiger partial charge on any atom is -0.391 e. The minimum absolute atomic E-state index is 0.0709. The van der Waals surface area contributed by atoms with Crippen LogP contribution in [-0.4, -0.2) is 72.5 Å². The Bertz CT molecular complexity index is 256. The molecule has 1 N–H and O–H groups in total. The number of rotatable bonds is 2. The summed E-state index contributed by atoms with van der Waals surface area (Å²) in [6, 6.07) is 1.15. The van der Waals surface area contributed by atoms with Gasteiger partial charge in [0.2, 0.25) is 0 Å². The Balaban J connectivity index is 1.54. The Hall–Kier alpha value is -0.160. The summed E-state index contributed by atoms with van der Waals surface area (Å²) in [5, 5.41) is 9.97. The molecule has 17 heavy (non-hydrogen) atoms. The van der Waals surface area contributed by atoms with Crippen molar-refractivity contribution >= 4 is 0 Å². The molecule has 2 aliphatic heterocycles. The fourth-order valence-corrected chi connectivity index (χ4v) is 3.66. The number of nitrogens with zero attached hydrogens (tertiary/aromatic N) is 2. The van der Waals surface area contributed by atoms with Crippen LogP contribution >= 0.6 is 0 Å². The molecule has 4 nitrogen and oxygen atoms in total. The molecule has 0 aromatic rings. The fraction of sp³-hybridized carbons (Fsp3) is 1.00. The predicted octanol–water partition coefficient (Wildman–Crippen LogP) is 0.306. The average Bonchev–Trinajstić information content (AvgIpc) is 2.98. The molecule has 0 amide bonds. The van der Waals surface area contributed by atoms with E-state index in [0.29, 0.717) is 12.1 Å². The monoisotopic (exact) mass is 240 g/mol. The molecule has 1 aliphatic carbocycles. The molecule has 0 radical (unpaired) electrons. The van der Waals surface area contributed by atoms with Gasteiger partial charge in [0.25, 0.3) is 0 Å². The molecule has 2 saturated heterocycles. The molecular weight excluding hydrogens is 216 g/mol. The number of aliphatic hydroxyl groups excluding tert-OH is 1. The topological polar surface area (TPSA) is 35.9 Å². The lowest BCUT2D eigenvalue weighted by Gasteiger charge is -2.33. The third-order valence-corrected chi connectivity index (χ3v) is 4.67. The number of likely N-dealkylation sites (tertiary alicyclic amines) is 1. The van der Waals surface area contributed by atoms with Crippen molar-refractivity contribution in [2.75, 3.05) is 39.4 Å². The second kappa shape index (κ2) is 5.22. The van der Waals surface area contributed by atoms with Crippen LogP contribution in [0.4, 0.5) is 0 Å². The molecule has 0 bridgehead atoms. The van der Waals surface area contributed by atoms with Gasteiger partial charge in [-0.15, -0.1) is 0 Å². The van der Waals surface area contributed by atoms with Crippen molar-refractivity contribution in [3.8, 4) is 0 Å². The third kappa shape index (κ3) is 2.50. The van der Waals surface area contributed by atoms with Crippen LogP contribution in [0.5, 0.6) is 0 Å². The number of hydrogen-bond donors (Lipinski definition) is 1. The van der Waals surface area contributed by atoms with E-state index < -0.39 is 0 Å². The minimum atomic E-state index is -0.0709. The van der Waals surface area contributed by atoms with Gasteiger partial charge >= 0.3 is 0 Å². The zero-order valence-electron chi connectivity index (χ0n) is 10.6. The van der Waals surface area contributed by atoms with Crippen molar-refractivity contribution in [1.29, 1.82) is 0 Å². The van der Waals surface area contributed by atoms with Crippen LogP contribution < -0.4 is 0 Å². The summed E-state index contributed by atoms with van der Waals surface area (Å²) in [6.45, 7) is 6.29. The summed E-state index contributed by atoms with van der Waals surface area (Å²) >= 11 is 0. The van der Waals surface area contributed by atoms with E-state index in [1.165, 1.54) is 25.8 Å². The quantitative estimate of drug-likeness (QED) is 0.753. The summed E-state index contributed by atoms with van der Waals surface area (Å²) in [4.78, 5) is 5.10. The fourth-order valence-electron chi connectivity index (χ4n) is 3.66. The summed E-state index contributed by atoms with van der Waals surface area (Å²) in [6.07, 6.45) is 4.59. The zero-order valence-corrected chi connectivity index (χ0v) is 10.6. The third-order valence-electron chi connectivity index (χ3n) is 4.67. The molecule has 0 aromatic heterocycles. The lowest BCUT2D eigenvalue weighted by Crippen LogP contribution is -2.46. The van der Waals surface area contributed by atoms with Crippen molar-refractivity contribution in [1.82, 2.24) is 9.80 Å². The Morgan fingerprint density at radius 2 is 1.76 bits per heavy atom. The zero-order chi connectivity index (χ0) is 11.7. The molecule has 3 atom stereocenters. The van der Waals surface area contributed by atoms with Gasteiger partial charge in [-0.25, -0.2) is 0 Å². The van der Waals surface area contributed by atoms with Gasteiger partial charge in [0, 0.05) is 38.3 Å². The molecule has 1 saturated carbocycles. The molecule has 3 fully saturated rings. The maximum absolute atomic E-state index is 9.97. The standard InChI is InChI=1S/C13H24N2O2/c16-13-3-1-2-12(13)15-5-4-11(10-15)14-6-8-17-9-7-14/h11-13,16H,1-10H2/t11?,12-,13-/m0/s1. The Morgan fingerprint density at radius 1 is 0.941 bits per heavy atom. The van der Waals surface area contributed by atoms with Gasteiger partial charge in [-0.1, -0.05) is 0 Å². The molecule has 98 valence electrons. The second-order valence-corrected chi connectivity index (χ2v) is 5.65. The highest BCUT2D eigenvalue weighted by Crippen LogP contribution is 2.28. The summed E-state index contributed by atoms with van der Waals surface area (Å²) in [7, 11) is 0. The normalized spacial score (nSPS) is 41.1. The molecule has 4 heteroatoms. The SMILES string of the molecule is O[C@H]1CCC[C@@H]1N1CCC(N2CCOCC2)C1. The van der Waals surface area contributed by atoms with Gasteiger partial charge in [0.15, 0.2) is 0 Å². The first kappa shape index (κ1) is 11.9. The van der Waals surface area contributed by atoms with Crippen LogP contribution in [0.1, 0.15) is 25.7 Å². The predicted molar refractivity (Wildman–Crippen MR) is 66.0 cm³/mol. The number of ether oxygens (including phenoxy) is 1. The van der Waals surface area contributed by atoms with Gasteiger partial charge in [0.1, 0.15) is 0 Å². The van der Waals surface area contributed by atoms with E-state index in [-0.39, 0.29) is 6.10 Å². The first-order chi connectivity index (χ1) is 8.34. The van der Waals surface area contributed by atoms with Crippen molar-refractivity contribution in [2.24, 2.45) is 0 Å². The molecule has 3 aliphatic rings. The summed E-state index contributed by atoms with van der Waals surface area (Å²) in [5.74, 6) is 0. The van der Waals surface area contributed by atoms with Gasteiger partial charge in [-0.2, -0.15) is 0 Å². The van der Waals surface area contributed by atoms with Crippen molar-refractivity contribution in [3.05, 3.63) is 0 Å². The Labute approximate surface area is 104 Å². The van der Waals surface area contributed by atoms with E-state index in [0.717, 1.165) is 39.3 Å². The van der Waals surface area contributed by atoms with Crippen molar-refractivity contribution < 1.29 is 9.84 Å². The second-order valence-electron chi connectivity index (χ2n) is 5.65. The highest BCUT2D eigenvalue weighted by atomic mass is 16.5. The van der Waals surface area contributed by atoms with E-state index in [9.17, 15) is 5.11 Å². The van der Waals surface area contributed by atoms with Crippen LogP contribution in [0.3, 0.4) is 0 Å². The first-order valence-electron chi connectivity index (χ1n) is 7.08. The first-order valence-corrected chi connectivity index (χ1v) is 7.08. The highest BCUT2D eigenvalue weighted by Gasteiger charge is 2.36. The van der Waals surface area contributed by atoms with E-state index >= 15 is 0 Å². The molecule has 1 unspecified atom stereocenters.